The Labute approximate surface area is 607 Å². The molecule has 480 valence electrons. The van der Waals surface area contributed by atoms with Gasteiger partial charge in [0.15, 0.2) is 0 Å². The summed E-state index contributed by atoms with van der Waals surface area (Å²) in [6, 6.07) is 109. The third-order valence-electron chi connectivity index (χ3n) is 20.8. The number of nitrogens with zero attached hydrogens (tertiary/aromatic N) is 5. The second-order valence-corrected chi connectivity index (χ2v) is 30.9. The molecule has 0 radical (unpaired) electrons. The molecule has 0 bridgehead atoms. The minimum Gasteiger partial charge on any atom is -0.354 e. The number of benzene rings is 16. The summed E-state index contributed by atoms with van der Waals surface area (Å²) in [6.07, 6.45) is 0. The molecule has 1 N–H and O–H groups in total. The van der Waals surface area contributed by atoms with Crippen molar-refractivity contribution in [3.63, 3.8) is 0 Å². The third kappa shape index (κ3) is 8.89. The van der Waals surface area contributed by atoms with Crippen molar-refractivity contribution in [2.24, 2.45) is 0 Å². The molecule has 0 fully saturated rings. The number of para-hydroxylation sites is 2. The van der Waals surface area contributed by atoms with E-state index < -0.39 is 0 Å². The summed E-state index contributed by atoms with van der Waals surface area (Å²) in [5.41, 5.74) is 10.7. The lowest BCUT2D eigenvalue weighted by Gasteiger charge is -2.14. The van der Waals surface area contributed by atoms with Gasteiger partial charge in [-0.1, -0.05) is 255 Å². The summed E-state index contributed by atoms with van der Waals surface area (Å²) >= 11 is 13.7. The molecule has 24 aromatic rings. The van der Waals surface area contributed by atoms with Gasteiger partial charge in [-0.15, -0.1) is 45.3 Å². The van der Waals surface area contributed by atoms with Gasteiger partial charge in [0.1, 0.15) is 0 Å². The molecule has 0 saturated carbocycles. The van der Waals surface area contributed by atoms with E-state index in [1.807, 2.05) is 28.7 Å². The fourth-order valence-electron chi connectivity index (χ4n) is 16.4. The first-order valence-corrected chi connectivity index (χ1v) is 38.0. The summed E-state index contributed by atoms with van der Waals surface area (Å²) in [5.74, 6) is 0.690. The summed E-state index contributed by atoms with van der Waals surface area (Å²) in [6.45, 7) is 0. The van der Waals surface area contributed by atoms with Crippen LogP contribution in [0.1, 0.15) is 0 Å². The second kappa shape index (κ2) is 23.0. The van der Waals surface area contributed by atoms with Gasteiger partial charge in [-0.2, -0.15) is 0 Å². The van der Waals surface area contributed by atoms with E-state index in [-0.39, 0.29) is 5.28 Å². The molecule has 11 heteroatoms. The van der Waals surface area contributed by atoms with Crippen LogP contribution in [0.25, 0.3) is 218 Å². The van der Waals surface area contributed by atoms with E-state index in [9.17, 15) is 0 Å². The Morgan fingerprint density at radius 3 is 1.24 bits per heavy atom. The summed E-state index contributed by atoms with van der Waals surface area (Å²) in [4.78, 5) is 24.1. The van der Waals surface area contributed by atoms with Gasteiger partial charge >= 0.3 is 0 Å². The van der Waals surface area contributed by atoms with E-state index in [4.69, 9.17) is 21.6 Å². The van der Waals surface area contributed by atoms with Gasteiger partial charge in [0.05, 0.1) is 48.4 Å². The predicted molar refractivity (Wildman–Crippen MR) is 447 cm³/mol. The minimum absolute atomic E-state index is 0.281. The lowest BCUT2D eigenvalue weighted by Crippen LogP contribution is -2.03. The Kier molecular flexibility index (Phi) is 13.1. The maximum atomic E-state index is 6.38. The number of H-pyrrole nitrogens is 1. The Balaban J connectivity index is 0.000000108. The molecule has 0 aliphatic rings. The topological polar surface area (TPSA) is 72.3 Å². The average molecular weight is 1400 g/mol. The third-order valence-corrected chi connectivity index (χ3v) is 25.7. The van der Waals surface area contributed by atoms with Crippen molar-refractivity contribution in [3.8, 4) is 28.5 Å². The smallest absolute Gasteiger partial charge is 0.235 e. The molecular weight excluding hydrogens is 1350 g/mol. The molecule has 0 amide bonds. The average Bonchev–Trinajstić information content (AvgIpc) is 1.55. The van der Waals surface area contributed by atoms with Crippen LogP contribution in [0.2, 0.25) is 5.28 Å². The van der Waals surface area contributed by atoms with Crippen molar-refractivity contribution < 1.29 is 0 Å². The largest absolute Gasteiger partial charge is 0.354 e. The zero-order valence-electron chi connectivity index (χ0n) is 54.6. The standard InChI is InChI=1S/C46H25N3S2.C24H13ClN2S.C22H13NS/c1-2-14-27-26(13-1)25-35(29-16-4-3-15-28(27)29)42-45-41(34-21-9-12-24-38(34)51-45)47-46(48-42)49-36-22-10-7-19-32(36)40-43(49)31-18-6-5-17-30(31)39-33-20-8-11-23-37(33)50-44(39)40;25-24-26-21-18-11-5-6-12-20(18)28-23(21)22(27-24)19-13-14-7-1-2-8-15(14)16-9-3-4-10-17(16)19;1-2-8-14-13(7-1)19-16-10-4-6-12-18(16)24-22(19)20-15-9-3-5-11-17(15)23-21(14)20/h1-25H;1-13H;1-12,23H. The highest BCUT2D eigenvalue weighted by Crippen LogP contribution is 2.51. The van der Waals surface area contributed by atoms with Gasteiger partial charge in [0.2, 0.25) is 11.2 Å². The van der Waals surface area contributed by atoms with Gasteiger partial charge in [-0.25, -0.2) is 19.9 Å². The molecule has 8 aromatic heterocycles. The molecular formula is C92H51ClN6S4. The van der Waals surface area contributed by atoms with Crippen LogP contribution in [-0.4, -0.2) is 29.5 Å². The lowest BCUT2D eigenvalue weighted by atomic mass is 9.95. The number of rotatable bonds is 3. The Hall–Kier alpha value is -12.0. The van der Waals surface area contributed by atoms with Crippen LogP contribution in [0, 0.1) is 0 Å². The number of hydrogen-bond donors (Lipinski definition) is 1. The van der Waals surface area contributed by atoms with Crippen molar-refractivity contribution in [2.75, 3.05) is 0 Å². The van der Waals surface area contributed by atoms with Crippen LogP contribution in [0.15, 0.2) is 303 Å². The van der Waals surface area contributed by atoms with Gasteiger partial charge < -0.3 is 4.98 Å². The number of aromatic amines is 1. The first-order valence-electron chi connectivity index (χ1n) is 34.4. The van der Waals surface area contributed by atoms with E-state index in [1.165, 1.54) is 147 Å². The van der Waals surface area contributed by atoms with Crippen LogP contribution in [-0.2, 0) is 0 Å². The van der Waals surface area contributed by atoms with E-state index in [2.05, 4.69) is 317 Å². The van der Waals surface area contributed by atoms with Gasteiger partial charge in [-0.05, 0) is 114 Å². The zero-order valence-corrected chi connectivity index (χ0v) is 58.6. The molecule has 24 rings (SSSR count). The van der Waals surface area contributed by atoms with Crippen LogP contribution in [0.3, 0.4) is 0 Å². The van der Waals surface area contributed by atoms with Crippen molar-refractivity contribution in [3.05, 3.63) is 309 Å². The highest BCUT2D eigenvalue weighted by atomic mass is 35.5. The SMILES string of the molecule is Clc1nc(-c2cc3ccccc3c3ccccc23)c2sc3ccccc3c2n1.c1ccc2c(c1)[nH]c1c3ccccc3c3c4ccccc4sc3c21.c1ccc2c(c1)cc(-c1nc(-n3c4ccccc4c4c5sc6ccccc6c5c5ccccc5c43)nc3c1sc1ccccc13)c1ccccc12. The molecule has 16 aromatic carbocycles. The number of fused-ring (bicyclic) bond motifs is 32. The van der Waals surface area contributed by atoms with Gasteiger partial charge in [0, 0.05) is 109 Å². The quantitative estimate of drug-likeness (QED) is 0.141. The maximum Gasteiger partial charge on any atom is 0.235 e. The van der Waals surface area contributed by atoms with E-state index in [1.54, 1.807) is 22.7 Å². The Morgan fingerprint density at radius 2 is 0.670 bits per heavy atom. The normalized spacial score (nSPS) is 12.1. The van der Waals surface area contributed by atoms with Crippen molar-refractivity contribution >= 4 is 246 Å². The number of nitrogens with one attached hydrogen (secondary N) is 1. The summed E-state index contributed by atoms with van der Waals surface area (Å²) < 4.78 is 12.3. The first-order chi connectivity index (χ1) is 51.0. The van der Waals surface area contributed by atoms with Crippen LogP contribution in [0.4, 0.5) is 0 Å². The molecule has 0 spiro atoms. The van der Waals surface area contributed by atoms with E-state index >= 15 is 0 Å². The Morgan fingerprint density at radius 1 is 0.282 bits per heavy atom. The maximum absolute atomic E-state index is 6.38. The zero-order chi connectivity index (χ0) is 67.5. The predicted octanol–water partition coefficient (Wildman–Crippen LogP) is 27.7. The fraction of sp³-hybridized carbons (Fsp3) is 0. The minimum atomic E-state index is 0.281. The summed E-state index contributed by atoms with van der Waals surface area (Å²) in [7, 11) is 0. The monoisotopic (exact) mass is 1400 g/mol. The van der Waals surface area contributed by atoms with Crippen LogP contribution >= 0.6 is 56.9 Å². The molecule has 0 aliphatic heterocycles. The fourth-order valence-corrected chi connectivity index (χ4v) is 21.4. The number of aromatic nitrogens is 6. The van der Waals surface area contributed by atoms with Gasteiger partial charge in [0.25, 0.3) is 0 Å². The van der Waals surface area contributed by atoms with E-state index in [0.717, 1.165) is 64.8 Å². The van der Waals surface area contributed by atoms with Crippen LogP contribution < -0.4 is 0 Å². The van der Waals surface area contributed by atoms with E-state index in [0.29, 0.717) is 5.95 Å². The molecule has 0 unspecified atom stereocenters. The summed E-state index contributed by atoms with van der Waals surface area (Å²) in [5, 5.41) is 27.9. The number of hydrogen-bond acceptors (Lipinski definition) is 8. The molecule has 0 saturated heterocycles. The van der Waals surface area contributed by atoms with Gasteiger partial charge in [-0.3, -0.25) is 4.57 Å². The highest BCUT2D eigenvalue weighted by molar-refractivity contribution is 7.28. The van der Waals surface area contributed by atoms with Crippen molar-refractivity contribution in [2.45, 2.75) is 0 Å². The van der Waals surface area contributed by atoms with Crippen molar-refractivity contribution in [1.29, 1.82) is 0 Å². The molecule has 0 atom stereocenters. The lowest BCUT2D eigenvalue weighted by molar-refractivity contribution is 1.02. The molecule has 103 heavy (non-hydrogen) atoms. The van der Waals surface area contributed by atoms with Crippen LogP contribution in [0.5, 0.6) is 0 Å². The molecule has 0 aliphatic carbocycles. The second-order valence-electron chi connectivity index (χ2n) is 26.3. The number of thiophene rings is 4. The molecule has 6 nitrogen and oxygen atoms in total. The number of halogens is 1. The first kappa shape index (κ1) is 58.8. The Bertz CT molecular complexity index is 7740. The molecule has 8 heterocycles. The highest BCUT2D eigenvalue weighted by Gasteiger charge is 2.27. The van der Waals surface area contributed by atoms with Crippen molar-refractivity contribution in [1.82, 2.24) is 29.5 Å².